The van der Waals surface area contributed by atoms with Crippen LogP contribution < -0.4 is 4.98 Å². The molecule has 0 spiro atoms. The zero-order valence-electron chi connectivity index (χ0n) is 18.1. The molecule has 2 aliphatic carbocycles. The largest absolute Gasteiger partial charge is 0.399 e. The third kappa shape index (κ3) is 6.82. The second-order valence-corrected chi connectivity index (χ2v) is 11.5. The molecule has 2 fully saturated rings. The van der Waals surface area contributed by atoms with Crippen LogP contribution in [0.15, 0.2) is 12.2 Å². The molecule has 6 heteroatoms. The second-order valence-electron chi connectivity index (χ2n) is 8.62. The highest BCUT2D eigenvalue weighted by molar-refractivity contribution is 7.98. The number of carbonyl (C=O) groups is 2. The van der Waals surface area contributed by atoms with Gasteiger partial charge in [0, 0.05) is 12.3 Å². The molecule has 2 rings (SSSR count). The number of rotatable bonds is 14. The number of carbonyl (C=O) groups excluding carboxylic acids is 2. The highest BCUT2D eigenvalue weighted by Gasteiger charge is 2.49. The number of fused-ring (bicyclic) bond motifs is 2. The number of ketones is 1. The molecule has 0 aromatic rings. The van der Waals surface area contributed by atoms with Crippen molar-refractivity contribution in [2.45, 2.75) is 77.5 Å². The fraction of sp³-hybridized carbons (Fsp3) is 0.818. The first-order valence-corrected chi connectivity index (χ1v) is 14.7. The Morgan fingerprint density at radius 2 is 2.14 bits per heavy atom. The molecule has 0 heterocycles. The lowest BCUT2D eigenvalue weighted by Crippen LogP contribution is -2.44. The fourth-order valence-corrected chi connectivity index (χ4v) is 7.02. The quantitative estimate of drug-likeness (QED) is 0.196. The Hall–Kier alpha value is -0.433. The van der Waals surface area contributed by atoms with Crippen molar-refractivity contribution in [3.8, 4) is 0 Å². The van der Waals surface area contributed by atoms with E-state index in [1.54, 1.807) is 11.8 Å². The minimum atomic E-state index is -1.64. The van der Waals surface area contributed by atoms with E-state index in [1.165, 1.54) is 12.8 Å². The van der Waals surface area contributed by atoms with Crippen LogP contribution in [0.5, 0.6) is 0 Å². The van der Waals surface area contributed by atoms with Crippen LogP contribution in [0.1, 0.15) is 58.8 Å². The van der Waals surface area contributed by atoms with Crippen molar-refractivity contribution in [3.05, 3.63) is 12.2 Å². The first-order chi connectivity index (χ1) is 13.5. The van der Waals surface area contributed by atoms with Gasteiger partial charge in [-0.25, -0.2) is 0 Å². The van der Waals surface area contributed by atoms with Gasteiger partial charge in [0.05, 0.1) is 12.1 Å². The van der Waals surface area contributed by atoms with E-state index in [0.29, 0.717) is 23.5 Å². The highest BCUT2D eigenvalue weighted by Crippen LogP contribution is 2.51. The summed E-state index contributed by atoms with van der Waals surface area (Å²) >= 11 is 1.77. The Balaban J connectivity index is 1.93. The molecular formula is C22H39NO3SSi. The maximum Gasteiger partial charge on any atom is 0.250 e. The Bertz CT molecular complexity index is 530. The van der Waals surface area contributed by atoms with Gasteiger partial charge in [0.25, 0.3) is 0 Å². The Labute approximate surface area is 177 Å². The summed E-state index contributed by atoms with van der Waals surface area (Å²) in [5.41, 5.74) is 0. The molecule has 0 aromatic heterocycles. The zero-order chi connectivity index (χ0) is 20.5. The van der Waals surface area contributed by atoms with Gasteiger partial charge >= 0.3 is 0 Å². The molecule has 0 radical (unpaired) electrons. The highest BCUT2D eigenvalue weighted by atomic mass is 32.2. The van der Waals surface area contributed by atoms with Crippen LogP contribution in [0.4, 0.5) is 0 Å². The molecule has 160 valence electrons. The Morgan fingerprint density at radius 1 is 1.36 bits per heavy atom. The molecule has 7 atom stereocenters. The van der Waals surface area contributed by atoms with E-state index < -0.39 is 9.20 Å². The number of thioether (sulfide) groups is 1. The molecule has 5 unspecified atom stereocenters. The van der Waals surface area contributed by atoms with Crippen molar-refractivity contribution in [1.29, 1.82) is 0 Å². The molecule has 0 amide bonds. The number of nitrogens with one attached hydrogen (secondary N) is 1. The van der Waals surface area contributed by atoms with Crippen molar-refractivity contribution in [2.75, 3.05) is 12.0 Å². The lowest BCUT2D eigenvalue weighted by Gasteiger charge is -2.23. The van der Waals surface area contributed by atoms with Crippen LogP contribution in [0.2, 0.25) is 6.55 Å². The first kappa shape index (κ1) is 23.8. The van der Waals surface area contributed by atoms with Gasteiger partial charge in [0.1, 0.15) is 12.1 Å². The molecule has 2 saturated carbocycles. The lowest BCUT2D eigenvalue weighted by atomic mass is 9.89. The monoisotopic (exact) mass is 425 g/mol. The van der Waals surface area contributed by atoms with Crippen molar-refractivity contribution < 1.29 is 14.0 Å². The number of unbranched alkanes of at least 4 members (excludes halogenated alkanes) is 2. The van der Waals surface area contributed by atoms with Gasteiger partial charge in [0.15, 0.2) is 0 Å². The number of Topliss-reactive ketones (excluding diaryl/α,β-unsaturated/α-hetero) is 1. The summed E-state index contributed by atoms with van der Waals surface area (Å²) < 4.78 is 6.40. The minimum absolute atomic E-state index is 0.0963. The van der Waals surface area contributed by atoms with Crippen molar-refractivity contribution >= 4 is 33.0 Å². The predicted octanol–water partition coefficient (Wildman–Crippen LogP) is 4.13. The number of aldehydes is 1. The van der Waals surface area contributed by atoms with Gasteiger partial charge in [-0.05, 0) is 55.6 Å². The number of allylic oxidation sites excluding steroid dienone is 1. The number of hydrogen-bond donors (Lipinski definition) is 1. The summed E-state index contributed by atoms with van der Waals surface area (Å²) in [5, 5.41) is 0. The average Bonchev–Trinajstić information content (AvgIpc) is 3.14. The minimum Gasteiger partial charge on any atom is -0.399 e. The van der Waals surface area contributed by atoms with E-state index in [2.05, 4.69) is 43.8 Å². The molecule has 28 heavy (non-hydrogen) atoms. The maximum atomic E-state index is 12.2. The predicted molar refractivity (Wildman–Crippen MR) is 121 cm³/mol. The standard InChI is InChI=1S/C22H39NO3SSi/c1-5-6-7-8-18(26-28(4)23-17(15-24)11-12-27-3)9-10-19-20-14-22(25)21(19)13-16(20)2/h9-10,15-21,23,28H,5-8,11-14H2,1-4H3/b10-9+/t16?,17-,18?,19+,20?,21?,28?/m0/s1. The van der Waals surface area contributed by atoms with Crippen LogP contribution >= 0.6 is 11.8 Å². The van der Waals surface area contributed by atoms with Crippen LogP contribution in [0.3, 0.4) is 0 Å². The lowest BCUT2D eigenvalue weighted by molar-refractivity contribution is -0.122. The summed E-state index contributed by atoms with van der Waals surface area (Å²) in [6.45, 7) is 6.63. The number of hydrogen-bond acceptors (Lipinski definition) is 5. The molecular weight excluding hydrogens is 386 g/mol. The fourth-order valence-electron chi connectivity index (χ4n) is 4.85. The SMILES string of the molecule is CCCCCC(/C=C/[C@H]1C2CC(C)C1CC2=O)O[SiH](C)N[C@H](C=O)CCSC. The molecule has 2 aliphatic rings. The maximum absolute atomic E-state index is 12.2. The topological polar surface area (TPSA) is 55.4 Å². The van der Waals surface area contributed by atoms with E-state index in [-0.39, 0.29) is 18.1 Å². The normalized spacial score (nSPS) is 30.1. The van der Waals surface area contributed by atoms with Crippen molar-refractivity contribution in [1.82, 2.24) is 4.98 Å². The first-order valence-electron chi connectivity index (χ1n) is 11.1. The summed E-state index contributed by atoms with van der Waals surface area (Å²) in [6.07, 6.45) is 15.0. The van der Waals surface area contributed by atoms with Crippen LogP contribution in [-0.4, -0.2) is 45.4 Å². The summed E-state index contributed by atoms with van der Waals surface area (Å²) in [6, 6.07) is -0.0986. The third-order valence-electron chi connectivity index (χ3n) is 6.43. The van der Waals surface area contributed by atoms with Crippen molar-refractivity contribution in [2.24, 2.45) is 23.7 Å². The van der Waals surface area contributed by atoms with Gasteiger partial charge in [0.2, 0.25) is 9.20 Å². The van der Waals surface area contributed by atoms with Gasteiger partial charge in [-0.3, -0.25) is 4.79 Å². The summed E-state index contributed by atoms with van der Waals surface area (Å²) in [4.78, 5) is 26.9. The van der Waals surface area contributed by atoms with Gasteiger partial charge in [-0.15, -0.1) is 0 Å². The van der Waals surface area contributed by atoms with E-state index in [4.69, 9.17) is 4.43 Å². The molecule has 0 saturated heterocycles. The van der Waals surface area contributed by atoms with E-state index in [0.717, 1.165) is 44.1 Å². The van der Waals surface area contributed by atoms with E-state index >= 15 is 0 Å². The van der Waals surface area contributed by atoms with E-state index in [9.17, 15) is 9.59 Å². The molecule has 0 aromatic carbocycles. The summed E-state index contributed by atoms with van der Waals surface area (Å²) in [7, 11) is -1.64. The Morgan fingerprint density at radius 3 is 2.75 bits per heavy atom. The van der Waals surface area contributed by atoms with Gasteiger partial charge in [-0.1, -0.05) is 45.3 Å². The van der Waals surface area contributed by atoms with Crippen molar-refractivity contribution in [3.63, 3.8) is 0 Å². The zero-order valence-corrected chi connectivity index (χ0v) is 20.0. The smallest absolute Gasteiger partial charge is 0.250 e. The third-order valence-corrected chi connectivity index (χ3v) is 8.73. The average molecular weight is 426 g/mol. The summed E-state index contributed by atoms with van der Waals surface area (Å²) in [5.74, 6) is 3.29. The van der Waals surface area contributed by atoms with Crippen LogP contribution in [0, 0.1) is 23.7 Å². The molecule has 0 aliphatic heterocycles. The van der Waals surface area contributed by atoms with Gasteiger partial charge < -0.3 is 14.2 Å². The molecule has 4 nitrogen and oxygen atoms in total. The van der Waals surface area contributed by atoms with Gasteiger partial charge in [-0.2, -0.15) is 11.8 Å². The molecule has 1 N–H and O–H groups in total. The van der Waals surface area contributed by atoms with Crippen LogP contribution in [0.25, 0.3) is 0 Å². The second kappa shape index (κ2) is 12.3. The van der Waals surface area contributed by atoms with E-state index in [1.807, 2.05) is 0 Å². The molecule has 2 bridgehead atoms. The Kier molecular flexibility index (Phi) is 10.5. The van der Waals surface area contributed by atoms with Crippen LogP contribution in [-0.2, 0) is 14.0 Å².